The molecule has 1 spiro atoms. The van der Waals surface area contributed by atoms with Crippen molar-refractivity contribution in [3.05, 3.63) is 130 Å². The van der Waals surface area contributed by atoms with Crippen molar-refractivity contribution < 1.29 is 23.9 Å². The molecular weight excluding hydrogens is 526 g/mol. The van der Waals surface area contributed by atoms with Crippen LogP contribution in [-0.2, 0) is 0 Å². The first kappa shape index (κ1) is 26.0. The number of rotatable bonds is 5. The molecule has 3 aliphatic rings. The Labute approximate surface area is 244 Å². The molecule has 0 N–H and O–H groups in total. The number of hydrogen-bond acceptors (Lipinski definition) is 6. The highest BCUT2D eigenvalue weighted by atomic mass is 16.5. The van der Waals surface area contributed by atoms with Gasteiger partial charge in [-0.15, -0.1) is 0 Å². The lowest BCUT2D eigenvalue weighted by molar-refractivity contribution is 0.0664. The molecule has 0 amide bonds. The van der Waals surface area contributed by atoms with Crippen molar-refractivity contribution >= 4 is 29.1 Å². The molecule has 0 saturated carbocycles. The molecule has 208 valence electrons. The van der Waals surface area contributed by atoms with Crippen LogP contribution in [0.15, 0.2) is 97.1 Å². The topological polar surface area (TPSA) is 72.9 Å². The Morgan fingerprint density at radius 3 is 2.14 bits per heavy atom. The summed E-state index contributed by atoms with van der Waals surface area (Å²) >= 11 is 0. The van der Waals surface area contributed by atoms with Crippen molar-refractivity contribution in [2.75, 3.05) is 19.1 Å². The van der Waals surface area contributed by atoms with Crippen molar-refractivity contribution in [2.45, 2.75) is 24.9 Å². The fourth-order valence-electron chi connectivity index (χ4n) is 7.23. The molecule has 0 aromatic heterocycles. The Morgan fingerprint density at radius 2 is 1.48 bits per heavy atom. The van der Waals surface area contributed by atoms with Gasteiger partial charge in [0.2, 0.25) is 0 Å². The molecule has 4 aromatic rings. The van der Waals surface area contributed by atoms with Crippen LogP contribution in [0, 0.1) is 12.3 Å². The number of carbonyl (C=O) groups excluding carboxylic acids is 3. The van der Waals surface area contributed by atoms with Gasteiger partial charge in [0.05, 0.1) is 20.3 Å². The molecule has 7 rings (SSSR count). The number of ether oxygens (including phenoxy) is 2. The van der Waals surface area contributed by atoms with Gasteiger partial charge in [0.15, 0.2) is 17.3 Å². The van der Waals surface area contributed by atoms with E-state index in [1.807, 2.05) is 72.5 Å². The van der Waals surface area contributed by atoms with E-state index in [4.69, 9.17) is 9.47 Å². The van der Waals surface area contributed by atoms with Gasteiger partial charge in [0.1, 0.15) is 23.0 Å². The fraction of sp³-hybridized carbons (Fsp3) is 0.194. The first-order chi connectivity index (χ1) is 20.4. The van der Waals surface area contributed by atoms with Gasteiger partial charge in [-0.25, -0.2) is 0 Å². The lowest BCUT2D eigenvalue weighted by Crippen LogP contribution is -2.48. The van der Waals surface area contributed by atoms with Gasteiger partial charge >= 0.3 is 0 Å². The van der Waals surface area contributed by atoms with Gasteiger partial charge in [-0.3, -0.25) is 14.4 Å². The summed E-state index contributed by atoms with van der Waals surface area (Å²) in [4.78, 5) is 46.5. The smallest absolute Gasteiger partial charge is 0.185 e. The third-order valence-corrected chi connectivity index (χ3v) is 9.09. The third kappa shape index (κ3) is 3.41. The van der Waals surface area contributed by atoms with E-state index in [2.05, 4.69) is 0 Å². The molecule has 3 atom stereocenters. The van der Waals surface area contributed by atoms with Crippen LogP contribution in [0.2, 0.25) is 0 Å². The average Bonchev–Trinajstić information content (AvgIpc) is 3.46. The summed E-state index contributed by atoms with van der Waals surface area (Å²) < 4.78 is 11.5. The molecule has 0 radical (unpaired) electrons. The van der Waals surface area contributed by atoms with Gasteiger partial charge in [0.25, 0.3) is 0 Å². The maximum atomic E-state index is 14.8. The highest BCUT2D eigenvalue weighted by Crippen LogP contribution is 2.62. The highest BCUT2D eigenvalue weighted by Gasteiger charge is 2.72. The van der Waals surface area contributed by atoms with Crippen LogP contribution in [0.4, 0.5) is 5.69 Å². The Hall–Kier alpha value is -4.97. The number of methoxy groups -OCH3 is 2. The molecule has 42 heavy (non-hydrogen) atoms. The number of carbonyl (C=O) groups is 3. The summed E-state index contributed by atoms with van der Waals surface area (Å²) in [7, 11) is 3.12. The summed E-state index contributed by atoms with van der Waals surface area (Å²) in [6.45, 7) is 1.97. The van der Waals surface area contributed by atoms with Crippen molar-refractivity contribution in [1.29, 1.82) is 0 Å². The van der Waals surface area contributed by atoms with Crippen LogP contribution in [0.5, 0.6) is 11.5 Å². The summed E-state index contributed by atoms with van der Waals surface area (Å²) in [6.07, 6.45) is 3.88. The molecule has 2 heterocycles. The van der Waals surface area contributed by atoms with Crippen molar-refractivity contribution in [2.24, 2.45) is 5.41 Å². The molecule has 6 heteroatoms. The van der Waals surface area contributed by atoms with E-state index in [1.54, 1.807) is 56.7 Å². The Bertz CT molecular complexity index is 1770. The number of nitrogens with zero attached hydrogens (tertiary/aromatic N) is 1. The van der Waals surface area contributed by atoms with E-state index in [0.717, 1.165) is 16.8 Å². The zero-order valence-corrected chi connectivity index (χ0v) is 23.5. The van der Waals surface area contributed by atoms with Crippen LogP contribution in [-0.4, -0.2) is 43.7 Å². The summed E-state index contributed by atoms with van der Waals surface area (Å²) in [6, 6.07) is 26.0. The van der Waals surface area contributed by atoms with Crippen LogP contribution in [0.1, 0.15) is 53.7 Å². The molecule has 6 nitrogen and oxygen atoms in total. The third-order valence-electron chi connectivity index (χ3n) is 9.09. The van der Waals surface area contributed by atoms with Crippen LogP contribution >= 0.6 is 0 Å². The maximum Gasteiger partial charge on any atom is 0.185 e. The van der Waals surface area contributed by atoms with Crippen LogP contribution < -0.4 is 14.4 Å². The van der Waals surface area contributed by atoms with Crippen LogP contribution in [0.25, 0.3) is 6.08 Å². The zero-order valence-electron chi connectivity index (χ0n) is 23.5. The molecule has 0 unspecified atom stereocenters. The van der Waals surface area contributed by atoms with E-state index >= 15 is 0 Å². The monoisotopic (exact) mass is 555 g/mol. The number of aryl methyl sites for hydroxylation is 1. The Balaban J connectivity index is 1.58. The first-order valence-electron chi connectivity index (χ1n) is 14.0. The van der Waals surface area contributed by atoms with Crippen molar-refractivity contribution in [1.82, 2.24) is 0 Å². The molecule has 4 aromatic carbocycles. The predicted molar refractivity (Wildman–Crippen MR) is 161 cm³/mol. The summed E-state index contributed by atoms with van der Waals surface area (Å²) in [5, 5.41) is 0. The van der Waals surface area contributed by atoms with Gasteiger partial charge in [-0.1, -0.05) is 84.4 Å². The minimum absolute atomic E-state index is 0.173. The molecule has 2 aliphatic heterocycles. The number of fused-ring (bicyclic) bond motifs is 5. The summed E-state index contributed by atoms with van der Waals surface area (Å²) in [5.74, 6) is -0.598. The highest BCUT2D eigenvalue weighted by molar-refractivity contribution is 6.32. The van der Waals surface area contributed by atoms with E-state index in [0.29, 0.717) is 33.8 Å². The number of anilines is 1. The van der Waals surface area contributed by atoms with Crippen LogP contribution in [0.3, 0.4) is 0 Å². The molecule has 1 fully saturated rings. The lowest BCUT2D eigenvalue weighted by Gasteiger charge is -2.37. The van der Waals surface area contributed by atoms with Crippen molar-refractivity contribution in [3.8, 4) is 11.5 Å². The van der Waals surface area contributed by atoms with Gasteiger partial charge < -0.3 is 14.4 Å². The molecule has 0 bridgehead atoms. The van der Waals surface area contributed by atoms with E-state index in [-0.39, 0.29) is 17.3 Å². The van der Waals surface area contributed by atoms with Crippen molar-refractivity contribution in [3.63, 3.8) is 0 Å². The largest absolute Gasteiger partial charge is 0.497 e. The first-order valence-corrected chi connectivity index (χ1v) is 14.0. The number of hydrogen-bond donors (Lipinski definition) is 0. The second-order valence-corrected chi connectivity index (χ2v) is 11.1. The average molecular weight is 556 g/mol. The second-order valence-electron chi connectivity index (χ2n) is 11.1. The standard InChI is InChI=1S/C36H29NO5/c1-21-12-14-23(15-13-21)33(38)32-31(27-20-24(41-2)17-18-29(27)42-3)36(34(39)25-9-5-6-10-26(25)35(36)40)30-19-16-22-8-4-7-11-28(22)37(30)32/h4-20,30-32H,1-3H3/t30-,31-,32+/m1/s1. The second kappa shape index (κ2) is 9.55. The predicted octanol–water partition coefficient (Wildman–Crippen LogP) is 6.33. The minimum Gasteiger partial charge on any atom is -0.497 e. The van der Waals surface area contributed by atoms with E-state index < -0.39 is 23.4 Å². The molecule has 1 aliphatic carbocycles. The number of benzene rings is 4. The normalized spacial score (nSPS) is 21.2. The Kier molecular flexibility index (Phi) is 5.91. The Morgan fingerprint density at radius 1 is 0.810 bits per heavy atom. The molecule has 1 saturated heterocycles. The molecular formula is C36H29NO5. The van der Waals surface area contributed by atoms with Gasteiger partial charge in [-0.2, -0.15) is 0 Å². The number of para-hydroxylation sites is 1. The lowest BCUT2D eigenvalue weighted by atomic mass is 9.64. The fourth-order valence-corrected chi connectivity index (χ4v) is 7.23. The van der Waals surface area contributed by atoms with Gasteiger partial charge in [0, 0.05) is 33.9 Å². The quantitative estimate of drug-likeness (QED) is 0.212. The zero-order chi connectivity index (χ0) is 29.2. The maximum absolute atomic E-state index is 14.8. The number of Topliss-reactive ketones (excluding diaryl/α,β-unsaturated/α-hetero) is 3. The van der Waals surface area contributed by atoms with Gasteiger partial charge in [-0.05, 0) is 36.8 Å². The number of ketones is 3. The summed E-state index contributed by atoms with van der Waals surface area (Å²) in [5.41, 5.74) is 2.98. The SMILES string of the molecule is COc1ccc(OC)c([C@@H]2[C@@H](C(=O)c3ccc(C)cc3)N3c4ccccc4C=C[C@@H]3C23C(=O)c2ccccc2C3=O)c1. The minimum atomic E-state index is -1.61. The van der Waals surface area contributed by atoms with E-state index in [9.17, 15) is 14.4 Å². The van der Waals surface area contributed by atoms with E-state index in [1.165, 1.54) is 0 Å².